The van der Waals surface area contributed by atoms with E-state index in [2.05, 4.69) is 60.3 Å². The highest BCUT2D eigenvalue weighted by Crippen LogP contribution is 2.22. The van der Waals surface area contributed by atoms with Crippen LogP contribution in [0.2, 0.25) is 0 Å². The Labute approximate surface area is 274 Å². The molecule has 3 aromatic rings. The largest absolute Gasteiger partial charge is 0.464 e. The topological polar surface area (TPSA) is 71.4 Å². The number of amides is 1. The molecule has 0 radical (unpaired) electrons. The van der Waals surface area contributed by atoms with Crippen molar-refractivity contribution in [1.82, 2.24) is 4.90 Å². The van der Waals surface area contributed by atoms with E-state index in [9.17, 15) is 9.59 Å². The lowest BCUT2D eigenvalue weighted by molar-refractivity contribution is -0.136. The van der Waals surface area contributed by atoms with Gasteiger partial charge in [-0.3, -0.25) is 4.90 Å². The van der Waals surface area contributed by atoms with Gasteiger partial charge < -0.3 is 9.47 Å². The van der Waals surface area contributed by atoms with Crippen LogP contribution >= 0.6 is 15.9 Å². The van der Waals surface area contributed by atoms with Gasteiger partial charge in [0.05, 0.1) is 18.9 Å². The summed E-state index contributed by atoms with van der Waals surface area (Å²) in [4.78, 5) is 26.1. The van der Waals surface area contributed by atoms with Crippen molar-refractivity contribution in [2.45, 2.75) is 79.9 Å². The molecule has 0 atom stereocenters. The third-order valence-electron chi connectivity index (χ3n) is 5.15. The molecule has 0 unspecified atom stereocenters. The van der Waals surface area contributed by atoms with Crippen LogP contribution in [0.25, 0.3) is 0 Å². The van der Waals surface area contributed by atoms with Gasteiger partial charge >= 0.3 is 12.1 Å². The summed E-state index contributed by atoms with van der Waals surface area (Å²) in [5, 5.41) is 6.11. The summed E-state index contributed by atoms with van der Waals surface area (Å²) in [6.07, 6.45) is 0.614. The Kier molecular flexibility index (Phi) is 24.5. The Morgan fingerprint density at radius 2 is 1.34 bits per heavy atom. The van der Waals surface area contributed by atoms with Crippen molar-refractivity contribution in [2.75, 3.05) is 12.1 Å². The van der Waals surface area contributed by atoms with Gasteiger partial charge in [0, 0.05) is 25.1 Å². The van der Waals surface area contributed by atoms with Crippen LogP contribution in [-0.2, 0) is 32.7 Å². The van der Waals surface area contributed by atoms with Gasteiger partial charge in [0.2, 0.25) is 0 Å². The second-order valence-corrected chi connectivity index (χ2v) is 9.72. The van der Waals surface area contributed by atoms with Crippen LogP contribution in [0, 0.1) is 0 Å². The number of rotatable bonds is 10. The SMILES string of the molecule is BrCc1ccccc1.C.C=NN(C(=C)C(=O)OC)c1cccc(CN(Cc2ccccc2)C(=O)OC(C)C)c1.CC.CCC. The fraction of sp³-hybridized carbons (Fsp3) is 0.361. The van der Waals surface area contributed by atoms with Gasteiger partial charge in [-0.2, -0.15) is 5.10 Å². The first kappa shape index (κ1) is 42.2. The molecule has 0 aromatic heterocycles. The molecule has 3 rings (SSSR count). The van der Waals surface area contributed by atoms with Gasteiger partial charge in [-0.05, 0) is 42.7 Å². The number of ether oxygens (including phenoxy) is 2. The molecule has 7 nitrogen and oxygen atoms in total. The van der Waals surface area contributed by atoms with Crippen molar-refractivity contribution in [3.05, 3.63) is 114 Å². The van der Waals surface area contributed by atoms with Crippen molar-refractivity contribution in [2.24, 2.45) is 5.10 Å². The second kappa shape index (κ2) is 25.6. The van der Waals surface area contributed by atoms with Crippen LogP contribution in [0.5, 0.6) is 0 Å². The number of methoxy groups -OCH3 is 1. The van der Waals surface area contributed by atoms with Gasteiger partial charge in [-0.25, -0.2) is 14.6 Å². The molecule has 0 fully saturated rings. The van der Waals surface area contributed by atoms with Crippen molar-refractivity contribution in [1.29, 1.82) is 0 Å². The zero-order valence-electron chi connectivity index (χ0n) is 26.8. The molecule has 0 bridgehead atoms. The Morgan fingerprint density at radius 1 is 0.864 bits per heavy atom. The molecule has 0 aliphatic carbocycles. The maximum Gasteiger partial charge on any atom is 0.410 e. The highest BCUT2D eigenvalue weighted by molar-refractivity contribution is 9.08. The average molecular weight is 671 g/mol. The number of esters is 1. The Morgan fingerprint density at radius 3 is 1.77 bits per heavy atom. The molecule has 0 heterocycles. The van der Waals surface area contributed by atoms with Gasteiger partial charge in [-0.15, -0.1) is 0 Å². The molecule has 0 aliphatic rings. The minimum atomic E-state index is -0.612. The quantitative estimate of drug-likeness (QED) is 0.0706. The molecule has 0 saturated heterocycles. The molecule has 242 valence electrons. The number of carbonyl (C=O) groups is 2. The van der Waals surface area contributed by atoms with Crippen LogP contribution in [0.4, 0.5) is 10.5 Å². The summed E-state index contributed by atoms with van der Waals surface area (Å²) in [5.41, 5.74) is 3.76. The normalized spacial score (nSPS) is 9.20. The summed E-state index contributed by atoms with van der Waals surface area (Å²) in [6, 6.07) is 27.2. The first-order valence-corrected chi connectivity index (χ1v) is 15.5. The number of alkyl halides is 1. The van der Waals surface area contributed by atoms with E-state index in [0.29, 0.717) is 18.8 Å². The number of nitrogens with zero attached hydrogens (tertiary/aromatic N) is 3. The molecule has 8 heteroatoms. The van der Waals surface area contributed by atoms with E-state index in [4.69, 9.17) is 9.47 Å². The van der Waals surface area contributed by atoms with Crippen molar-refractivity contribution >= 4 is 40.4 Å². The third kappa shape index (κ3) is 16.7. The molecule has 0 saturated carbocycles. The smallest absolute Gasteiger partial charge is 0.410 e. The standard InChI is InChI=1S/C23H27N3O4.C7H7Br.C3H8.C2H6.CH4/c1-17(2)30-23(28)25(15-19-10-7-6-8-11-19)16-20-12-9-13-21(14-20)26(24-4)18(3)22(27)29-5;8-6-7-4-2-1-3-5-7;1-3-2;1-2;/h6-14,17H,3-4,15-16H2,1-2,5H3;1-5H,6H2;3H2,1-2H3;1-2H3;1H4. The predicted molar refractivity (Wildman–Crippen MR) is 190 cm³/mol. The number of benzene rings is 3. The van der Waals surface area contributed by atoms with Crippen molar-refractivity contribution < 1.29 is 19.1 Å². The van der Waals surface area contributed by atoms with Gasteiger partial charge in [0.25, 0.3) is 0 Å². The highest BCUT2D eigenvalue weighted by Gasteiger charge is 2.20. The lowest BCUT2D eigenvalue weighted by atomic mass is 10.1. The number of halogens is 1. The minimum absolute atomic E-state index is 0. The predicted octanol–water partition coefficient (Wildman–Crippen LogP) is 10.0. The maximum absolute atomic E-state index is 12.7. The van der Waals surface area contributed by atoms with Gasteiger partial charge in [0.15, 0.2) is 0 Å². The first-order valence-electron chi connectivity index (χ1n) is 14.4. The number of hydrazone groups is 1. The van der Waals surface area contributed by atoms with E-state index in [0.717, 1.165) is 16.5 Å². The summed E-state index contributed by atoms with van der Waals surface area (Å²) in [7, 11) is 1.27. The maximum atomic E-state index is 12.7. The molecule has 1 amide bonds. The average Bonchev–Trinajstić information content (AvgIpc) is 3.03. The van der Waals surface area contributed by atoms with Crippen LogP contribution in [0.15, 0.2) is 102 Å². The molecule has 0 aliphatic heterocycles. The van der Waals surface area contributed by atoms with E-state index in [-0.39, 0.29) is 19.2 Å². The summed E-state index contributed by atoms with van der Waals surface area (Å²) in [5.74, 6) is -0.612. The zero-order valence-corrected chi connectivity index (χ0v) is 28.3. The molecular formula is C36H52BrN3O4. The summed E-state index contributed by atoms with van der Waals surface area (Å²) in [6.45, 7) is 19.8. The van der Waals surface area contributed by atoms with Crippen LogP contribution < -0.4 is 5.01 Å². The fourth-order valence-corrected chi connectivity index (χ4v) is 3.74. The number of hydrogen-bond donors (Lipinski definition) is 0. The van der Waals surface area contributed by atoms with E-state index in [1.165, 1.54) is 24.1 Å². The third-order valence-corrected chi connectivity index (χ3v) is 5.80. The Bertz CT molecular complexity index is 1200. The van der Waals surface area contributed by atoms with E-state index < -0.39 is 12.1 Å². The van der Waals surface area contributed by atoms with Gasteiger partial charge in [-0.1, -0.05) is 137 Å². The zero-order chi connectivity index (χ0) is 32.6. The van der Waals surface area contributed by atoms with E-state index in [1.54, 1.807) is 11.0 Å². The molecule has 3 aromatic carbocycles. The number of carbonyl (C=O) groups excluding carboxylic acids is 2. The van der Waals surface area contributed by atoms with Crippen LogP contribution in [0.3, 0.4) is 0 Å². The van der Waals surface area contributed by atoms with Gasteiger partial charge in [0.1, 0.15) is 5.70 Å². The lowest BCUT2D eigenvalue weighted by Crippen LogP contribution is -2.32. The highest BCUT2D eigenvalue weighted by atomic mass is 79.9. The van der Waals surface area contributed by atoms with Crippen LogP contribution in [-0.4, -0.2) is 36.9 Å². The number of hydrogen-bond acceptors (Lipinski definition) is 6. The molecule has 0 N–H and O–H groups in total. The number of anilines is 1. The first-order chi connectivity index (χ1) is 20.7. The molecule has 44 heavy (non-hydrogen) atoms. The fourth-order valence-electron chi connectivity index (χ4n) is 3.37. The monoisotopic (exact) mass is 669 g/mol. The van der Waals surface area contributed by atoms with Crippen molar-refractivity contribution in [3.8, 4) is 0 Å². The van der Waals surface area contributed by atoms with E-state index >= 15 is 0 Å². The molecular weight excluding hydrogens is 618 g/mol. The lowest BCUT2D eigenvalue weighted by Gasteiger charge is -2.25. The Hall–Kier alpha value is -3.91. The minimum Gasteiger partial charge on any atom is -0.464 e. The van der Waals surface area contributed by atoms with Crippen LogP contribution in [0.1, 0.15) is 72.1 Å². The molecule has 0 spiro atoms. The van der Waals surface area contributed by atoms with Crippen molar-refractivity contribution in [3.63, 3.8) is 0 Å². The summed E-state index contributed by atoms with van der Waals surface area (Å²) < 4.78 is 10.1. The van der Waals surface area contributed by atoms with E-state index in [1.807, 2.05) is 94.4 Å². The Balaban J connectivity index is 0. The second-order valence-electron chi connectivity index (χ2n) is 9.16. The summed E-state index contributed by atoms with van der Waals surface area (Å²) >= 11 is 3.36.